The van der Waals surface area contributed by atoms with E-state index in [2.05, 4.69) is 56.0 Å². The van der Waals surface area contributed by atoms with Crippen molar-refractivity contribution in [2.75, 3.05) is 0 Å². The molecule has 146 valence electrons. The standard InChI is InChI=1S/C27H38/c1-3-5-7-23-14-18-26(19-15-23)27-20-16-25(17-21-27)13-12-24-10-8-22(6-4-2)9-11-24/h8-11,16,23,26-27H,3-7,14-15,17-21H2,1-2H3. The minimum atomic E-state index is 0.927. The molecule has 1 aromatic rings. The van der Waals surface area contributed by atoms with Gasteiger partial charge in [0.25, 0.3) is 0 Å². The van der Waals surface area contributed by atoms with Crippen molar-refractivity contribution < 1.29 is 0 Å². The van der Waals surface area contributed by atoms with Crippen molar-refractivity contribution >= 4 is 0 Å². The van der Waals surface area contributed by atoms with Crippen molar-refractivity contribution in [2.45, 2.75) is 90.9 Å². The van der Waals surface area contributed by atoms with Gasteiger partial charge in [0.2, 0.25) is 0 Å². The minimum Gasteiger partial charge on any atom is -0.0726 e. The lowest BCUT2D eigenvalue weighted by atomic mass is 9.71. The van der Waals surface area contributed by atoms with E-state index in [-0.39, 0.29) is 0 Å². The minimum absolute atomic E-state index is 0.927. The Morgan fingerprint density at radius 2 is 1.63 bits per heavy atom. The molecule has 0 amide bonds. The van der Waals surface area contributed by atoms with Crippen molar-refractivity contribution in [2.24, 2.45) is 17.8 Å². The van der Waals surface area contributed by atoms with Gasteiger partial charge >= 0.3 is 0 Å². The number of benzene rings is 1. The van der Waals surface area contributed by atoms with Crippen LogP contribution in [0.2, 0.25) is 0 Å². The molecule has 0 heteroatoms. The molecule has 1 unspecified atom stereocenters. The molecule has 0 saturated heterocycles. The van der Waals surface area contributed by atoms with Crippen LogP contribution in [0.25, 0.3) is 0 Å². The van der Waals surface area contributed by atoms with Crippen molar-refractivity contribution in [1.29, 1.82) is 0 Å². The summed E-state index contributed by atoms with van der Waals surface area (Å²) in [7, 11) is 0. The molecule has 1 fully saturated rings. The van der Waals surface area contributed by atoms with Crippen molar-refractivity contribution in [3.8, 4) is 11.8 Å². The summed E-state index contributed by atoms with van der Waals surface area (Å²) in [6.07, 6.45) is 18.9. The van der Waals surface area contributed by atoms with Crippen LogP contribution in [0.5, 0.6) is 0 Å². The zero-order valence-electron chi connectivity index (χ0n) is 17.6. The van der Waals surface area contributed by atoms with Gasteiger partial charge in [0.15, 0.2) is 0 Å². The van der Waals surface area contributed by atoms with E-state index in [0.717, 1.165) is 23.3 Å². The van der Waals surface area contributed by atoms with Gasteiger partial charge in [-0.3, -0.25) is 0 Å². The zero-order chi connectivity index (χ0) is 18.9. The van der Waals surface area contributed by atoms with Gasteiger partial charge < -0.3 is 0 Å². The summed E-state index contributed by atoms with van der Waals surface area (Å²) < 4.78 is 0. The van der Waals surface area contributed by atoms with Crippen LogP contribution in [-0.2, 0) is 6.42 Å². The van der Waals surface area contributed by atoms with E-state index < -0.39 is 0 Å². The Balaban J connectivity index is 1.46. The molecule has 1 atom stereocenters. The summed E-state index contributed by atoms with van der Waals surface area (Å²) in [6.45, 7) is 4.55. The molecule has 1 saturated carbocycles. The quantitative estimate of drug-likeness (QED) is 0.454. The van der Waals surface area contributed by atoms with Gasteiger partial charge in [-0.25, -0.2) is 0 Å². The molecule has 0 aliphatic heterocycles. The number of unbranched alkanes of at least 4 members (excludes halogenated alkanes) is 1. The maximum Gasteiger partial charge on any atom is 0.0249 e. The van der Waals surface area contributed by atoms with Crippen molar-refractivity contribution in [1.82, 2.24) is 0 Å². The van der Waals surface area contributed by atoms with Crippen LogP contribution in [0, 0.1) is 29.6 Å². The Morgan fingerprint density at radius 3 is 2.26 bits per heavy atom. The maximum atomic E-state index is 3.45. The van der Waals surface area contributed by atoms with Crippen molar-refractivity contribution in [3.05, 3.63) is 47.0 Å². The van der Waals surface area contributed by atoms with E-state index in [0.29, 0.717) is 0 Å². The molecule has 0 spiro atoms. The first kappa shape index (κ1) is 20.3. The lowest BCUT2D eigenvalue weighted by Crippen LogP contribution is -2.23. The monoisotopic (exact) mass is 362 g/mol. The number of allylic oxidation sites excluding steroid dienone is 2. The van der Waals surface area contributed by atoms with Gasteiger partial charge in [-0.05, 0) is 79.5 Å². The fourth-order valence-electron chi connectivity index (χ4n) is 5.03. The van der Waals surface area contributed by atoms with Gasteiger partial charge in [0.05, 0.1) is 0 Å². The third kappa shape index (κ3) is 6.27. The molecule has 3 rings (SSSR count). The summed E-state index contributed by atoms with van der Waals surface area (Å²) in [4.78, 5) is 0. The first-order valence-electron chi connectivity index (χ1n) is 11.6. The fourth-order valence-corrected chi connectivity index (χ4v) is 5.03. The van der Waals surface area contributed by atoms with Crippen LogP contribution in [0.15, 0.2) is 35.9 Å². The molecule has 0 aromatic heterocycles. The highest BCUT2D eigenvalue weighted by Crippen LogP contribution is 2.40. The Kier molecular flexibility index (Phi) is 8.07. The van der Waals surface area contributed by atoms with E-state index in [1.807, 2.05) is 0 Å². The summed E-state index contributed by atoms with van der Waals surface area (Å²) in [5.41, 5.74) is 3.95. The summed E-state index contributed by atoms with van der Waals surface area (Å²) in [5, 5.41) is 0. The Hall–Kier alpha value is -1.48. The normalized spacial score (nSPS) is 25.4. The summed E-state index contributed by atoms with van der Waals surface area (Å²) >= 11 is 0. The SMILES string of the molecule is CCCCC1CCC(C2CC=C(C#Cc3ccc(CCC)cc3)CC2)CC1. The Morgan fingerprint density at radius 1 is 0.852 bits per heavy atom. The number of rotatable bonds is 6. The molecule has 0 radical (unpaired) electrons. The summed E-state index contributed by atoms with van der Waals surface area (Å²) in [6, 6.07) is 8.83. The van der Waals surface area contributed by atoms with E-state index in [4.69, 9.17) is 0 Å². The highest BCUT2D eigenvalue weighted by molar-refractivity contribution is 5.42. The topological polar surface area (TPSA) is 0 Å². The molecule has 1 aromatic carbocycles. The largest absolute Gasteiger partial charge is 0.0726 e. The van der Waals surface area contributed by atoms with Gasteiger partial charge in [-0.2, -0.15) is 0 Å². The average Bonchev–Trinajstić information content (AvgIpc) is 2.73. The average molecular weight is 363 g/mol. The molecule has 0 nitrogen and oxygen atoms in total. The second kappa shape index (κ2) is 10.8. The first-order chi connectivity index (χ1) is 13.3. The Bertz CT molecular complexity index is 644. The highest BCUT2D eigenvalue weighted by atomic mass is 14.3. The molecular formula is C27H38. The Labute approximate surface area is 167 Å². The fraction of sp³-hybridized carbons (Fsp3) is 0.630. The predicted molar refractivity (Wildman–Crippen MR) is 118 cm³/mol. The molecule has 0 heterocycles. The molecule has 0 N–H and O–H groups in total. The highest BCUT2D eigenvalue weighted by Gasteiger charge is 2.28. The van der Waals surface area contributed by atoms with Crippen LogP contribution in [0.4, 0.5) is 0 Å². The third-order valence-electron chi connectivity index (χ3n) is 6.84. The van der Waals surface area contributed by atoms with Crippen LogP contribution in [-0.4, -0.2) is 0 Å². The van der Waals surface area contributed by atoms with Crippen LogP contribution in [0.1, 0.15) is 95.6 Å². The molecule has 27 heavy (non-hydrogen) atoms. The van der Waals surface area contributed by atoms with E-state index in [9.17, 15) is 0 Å². The predicted octanol–water partition coefficient (Wildman–Crippen LogP) is 7.71. The number of hydrogen-bond donors (Lipinski definition) is 0. The number of aryl methyl sites for hydroxylation is 1. The van der Waals surface area contributed by atoms with Gasteiger partial charge in [-0.15, -0.1) is 0 Å². The van der Waals surface area contributed by atoms with Crippen LogP contribution in [0.3, 0.4) is 0 Å². The van der Waals surface area contributed by atoms with E-state index in [1.54, 1.807) is 0 Å². The van der Waals surface area contributed by atoms with E-state index >= 15 is 0 Å². The molecule has 2 aliphatic rings. The van der Waals surface area contributed by atoms with Gasteiger partial charge in [-0.1, -0.05) is 82.4 Å². The molecular weight excluding hydrogens is 324 g/mol. The number of hydrogen-bond acceptors (Lipinski definition) is 0. The zero-order valence-corrected chi connectivity index (χ0v) is 17.6. The van der Waals surface area contributed by atoms with Crippen molar-refractivity contribution in [3.63, 3.8) is 0 Å². The second-order valence-electron chi connectivity index (χ2n) is 8.88. The first-order valence-corrected chi connectivity index (χ1v) is 11.6. The lowest BCUT2D eigenvalue weighted by molar-refractivity contribution is 0.186. The smallest absolute Gasteiger partial charge is 0.0249 e. The van der Waals surface area contributed by atoms with Gasteiger partial charge in [0, 0.05) is 5.56 Å². The lowest BCUT2D eigenvalue weighted by Gasteiger charge is -2.35. The maximum absolute atomic E-state index is 3.45. The van der Waals surface area contributed by atoms with Crippen LogP contribution >= 0.6 is 0 Å². The summed E-state index contributed by atoms with van der Waals surface area (Å²) in [5.74, 6) is 9.78. The van der Waals surface area contributed by atoms with Gasteiger partial charge in [0.1, 0.15) is 0 Å². The molecule has 0 bridgehead atoms. The molecule has 2 aliphatic carbocycles. The second-order valence-corrected chi connectivity index (χ2v) is 8.88. The van der Waals surface area contributed by atoms with Crippen LogP contribution < -0.4 is 0 Å². The van der Waals surface area contributed by atoms with E-state index in [1.165, 1.54) is 88.2 Å². The third-order valence-corrected chi connectivity index (χ3v) is 6.84.